The number of halogens is 1. The normalized spacial score (nSPS) is 21.6. The van der Waals surface area contributed by atoms with Crippen LogP contribution in [0.5, 0.6) is 0 Å². The van der Waals surface area contributed by atoms with Crippen LogP contribution in [0.15, 0.2) is 42.5 Å². The van der Waals surface area contributed by atoms with Gasteiger partial charge in [0.2, 0.25) is 11.8 Å². The van der Waals surface area contributed by atoms with Crippen molar-refractivity contribution < 1.29 is 14.4 Å². The largest absolute Gasteiger partial charge is 0.322 e. The predicted molar refractivity (Wildman–Crippen MR) is 109 cm³/mol. The maximum absolute atomic E-state index is 12.8. The third kappa shape index (κ3) is 3.20. The second kappa shape index (κ2) is 7.40. The Balaban J connectivity index is 1.59. The van der Waals surface area contributed by atoms with E-state index in [1.165, 1.54) is 4.90 Å². The van der Waals surface area contributed by atoms with Gasteiger partial charge in [-0.1, -0.05) is 36.6 Å². The van der Waals surface area contributed by atoms with E-state index in [4.69, 9.17) is 11.6 Å². The number of nitrogens with zero attached hydrogens (tertiary/aromatic N) is 1. The van der Waals surface area contributed by atoms with Crippen LogP contribution < -0.4 is 10.2 Å². The van der Waals surface area contributed by atoms with E-state index in [0.29, 0.717) is 22.0 Å². The fourth-order valence-electron chi connectivity index (χ4n) is 4.14. The van der Waals surface area contributed by atoms with Crippen molar-refractivity contribution in [3.63, 3.8) is 0 Å². The Bertz CT molecular complexity index is 948. The molecule has 2 atom stereocenters. The average Bonchev–Trinajstić information content (AvgIpc) is 2.96. The molecule has 1 saturated heterocycles. The number of fused-ring (bicyclic) bond motifs is 1. The summed E-state index contributed by atoms with van der Waals surface area (Å²) >= 11 is 6.11. The van der Waals surface area contributed by atoms with E-state index in [2.05, 4.69) is 5.32 Å². The first kappa shape index (κ1) is 18.7. The van der Waals surface area contributed by atoms with Crippen LogP contribution in [0.2, 0.25) is 5.02 Å². The minimum atomic E-state index is -0.316. The van der Waals surface area contributed by atoms with Gasteiger partial charge in [0.25, 0.3) is 5.91 Å². The number of amides is 3. The molecule has 3 amide bonds. The van der Waals surface area contributed by atoms with Crippen molar-refractivity contribution in [3.05, 3.63) is 58.6 Å². The highest BCUT2D eigenvalue weighted by atomic mass is 35.5. The van der Waals surface area contributed by atoms with Crippen LogP contribution in [0.4, 0.5) is 11.4 Å². The van der Waals surface area contributed by atoms with Gasteiger partial charge in [-0.25, -0.2) is 0 Å². The Morgan fingerprint density at radius 1 is 1.04 bits per heavy atom. The molecule has 1 aliphatic carbocycles. The highest BCUT2D eigenvalue weighted by Crippen LogP contribution is 2.40. The monoisotopic (exact) mass is 396 g/mol. The Morgan fingerprint density at radius 3 is 2.36 bits per heavy atom. The zero-order valence-electron chi connectivity index (χ0n) is 15.6. The van der Waals surface area contributed by atoms with Gasteiger partial charge in [-0.15, -0.1) is 0 Å². The van der Waals surface area contributed by atoms with E-state index in [-0.39, 0.29) is 29.6 Å². The van der Waals surface area contributed by atoms with Gasteiger partial charge in [0, 0.05) is 16.3 Å². The molecule has 2 aromatic rings. The number of nitrogens with one attached hydrogen (secondary N) is 1. The molecule has 0 unspecified atom stereocenters. The van der Waals surface area contributed by atoms with Gasteiger partial charge in [0.1, 0.15) is 0 Å². The van der Waals surface area contributed by atoms with Crippen molar-refractivity contribution in [3.8, 4) is 0 Å². The van der Waals surface area contributed by atoms with Crippen LogP contribution in [0.3, 0.4) is 0 Å². The molecular weight excluding hydrogens is 376 g/mol. The molecule has 1 saturated carbocycles. The summed E-state index contributed by atoms with van der Waals surface area (Å²) in [5.41, 5.74) is 2.25. The Kier molecular flexibility index (Phi) is 4.94. The lowest BCUT2D eigenvalue weighted by Crippen LogP contribution is -2.31. The summed E-state index contributed by atoms with van der Waals surface area (Å²) in [6.45, 7) is 1.83. The molecule has 6 heteroatoms. The molecule has 28 heavy (non-hydrogen) atoms. The number of hydrogen-bond acceptors (Lipinski definition) is 3. The van der Waals surface area contributed by atoms with Gasteiger partial charge in [-0.3, -0.25) is 19.3 Å². The predicted octanol–water partition coefficient (Wildman–Crippen LogP) is 4.58. The van der Waals surface area contributed by atoms with Crippen LogP contribution in [0.1, 0.15) is 41.6 Å². The lowest BCUT2D eigenvalue weighted by Gasteiger charge is -2.19. The molecule has 5 nitrogen and oxygen atoms in total. The number of benzene rings is 2. The Morgan fingerprint density at radius 2 is 1.68 bits per heavy atom. The van der Waals surface area contributed by atoms with Crippen molar-refractivity contribution in [2.45, 2.75) is 32.6 Å². The fraction of sp³-hybridized carbons (Fsp3) is 0.318. The molecule has 144 valence electrons. The van der Waals surface area contributed by atoms with Crippen molar-refractivity contribution >= 4 is 40.7 Å². The first-order valence-electron chi connectivity index (χ1n) is 9.51. The first-order valence-corrected chi connectivity index (χ1v) is 9.89. The third-order valence-electron chi connectivity index (χ3n) is 5.72. The molecular formula is C22H21ClN2O3. The second-order valence-electron chi connectivity index (χ2n) is 7.43. The number of anilines is 2. The lowest BCUT2D eigenvalue weighted by molar-refractivity contribution is -0.122. The van der Waals surface area contributed by atoms with Crippen molar-refractivity contribution in [1.82, 2.24) is 0 Å². The zero-order chi connectivity index (χ0) is 19.8. The SMILES string of the molecule is Cc1c(Cl)cccc1NC(=O)c1cccc(N2C(=O)[C@@H]3CCCC[C@H]3C2=O)c1. The molecule has 2 aromatic carbocycles. The Labute approximate surface area is 168 Å². The van der Waals surface area contributed by atoms with Crippen LogP contribution in [-0.4, -0.2) is 17.7 Å². The summed E-state index contributed by atoms with van der Waals surface area (Å²) in [6.07, 6.45) is 3.49. The molecule has 4 rings (SSSR count). The van der Waals surface area contributed by atoms with Gasteiger partial charge < -0.3 is 5.32 Å². The standard InChI is InChI=1S/C22H21ClN2O3/c1-13-18(23)10-5-11-19(13)24-20(26)14-6-4-7-15(12-14)25-21(27)16-8-2-3-9-17(16)22(25)28/h4-7,10-12,16-17H,2-3,8-9H2,1H3,(H,24,26)/t16-,17-/m1/s1. The molecule has 2 aliphatic rings. The van der Waals surface area contributed by atoms with Crippen LogP contribution >= 0.6 is 11.6 Å². The third-order valence-corrected chi connectivity index (χ3v) is 6.13. The molecule has 2 fully saturated rings. The zero-order valence-corrected chi connectivity index (χ0v) is 16.3. The van der Waals surface area contributed by atoms with E-state index in [9.17, 15) is 14.4 Å². The molecule has 0 bridgehead atoms. The fourth-order valence-corrected chi connectivity index (χ4v) is 4.31. The van der Waals surface area contributed by atoms with Crippen molar-refractivity contribution in [1.29, 1.82) is 0 Å². The lowest BCUT2D eigenvalue weighted by atomic mass is 9.81. The molecule has 0 radical (unpaired) electrons. The summed E-state index contributed by atoms with van der Waals surface area (Å²) in [7, 11) is 0. The van der Waals surface area contributed by atoms with E-state index in [0.717, 1.165) is 31.2 Å². The van der Waals surface area contributed by atoms with E-state index < -0.39 is 0 Å². The van der Waals surface area contributed by atoms with E-state index in [1.54, 1.807) is 42.5 Å². The highest BCUT2D eigenvalue weighted by molar-refractivity contribution is 6.31. The molecule has 0 spiro atoms. The summed E-state index contributed by atoms with van der Waals surface area (Å²) in [6, 6.07) is 12.0. The summed E-state index contributed by atoms with van der Waals surface area (Å²) in [4.78, 5) is 39.6. The molecule has 1 heterocycles. The quantitative estimate of drug-likeness (QED) is 0.772. The van der Waals surface area contributed by atoms with Gasteiger partial charge in [-0.05, 0) is 55.7 Å². The summed E-state index contributed by atoms with van der Waals surface area (Å²) in [5, 5.41) is 3.42. The number of carbonyl (C=O) groups is 3. The van der Waals surface area contributed by atoms with Crippen LogP contribution in [0, 0.1) is 18.8 Å². The summed E-state index contributed by atoms with van der Waals surface area (Å²) < 4.78 is 0. The van der Waals surface area contributed by atoms with Crippen LogP contribution in [0.25, 0.3) is 0 Å². The maximum atomic E-state index is 12.8. The topological polar surface area (TPSA) is 66.5 Å². The highest BCUT2D eigenvalue weighted by Gasteiger charge is 2.48. The van der Waals surface area contributed by atoms with E-state index >= 15 is 0 Å². The van der Waals surface area contributed by atoms with E-state index in [1.807, 2.05) is 6.92 Å². The van der Waals surface area contributed by atoms with Crippen LogP contribution in [-0.2, 0) is 9.59 Å². The average molecular weight is 397 g/mol. The molecule has 1 aliphatic heterocycles. The number of hydrogen-bond donors (Lipinski definition) is 1. The second-order valence-corrected chi connectivity index (χ2v) is 7.83. The van der Waals surface area contributed by atoms with Crippen molar-refractivity contribution in [2.75, 3.05) is 10.2 Å². The number of rotatable bonds is 3. The summed E-state index contributed by atoms with van der Waals surface area (Å²) in [5.74, 6) is -1.03. The number of imide groups is 1. The van der Waals surface area contributed by atoms with Gasteiger partial charge in [0.15, 0.2) is 0 Å². The molecule has 0 aromatic heterocycles. The minimum absolute atomic E-state index is 0.141. The molecule has 1 N–H and O–H groups in total. The minimum Gasteiger partial charge on any atom is -0.322 e. The Hall–Kier alpha value is -2.66. The maximum Gasteiger partial charge on any atom is 0.255 e. The first-order chi connectivity index (χ1) is 13.5. The van der Waals surface area contributed by atoms with Gasteiger partial charge in [-0.2, -0.15) is 0 Å². The smallest absolute Gasteiger partial charge is 0.255 e. The number of carbonyl (C=O) groups excluding carboxylic acids is 3. The van der Waals surface area contributed by atoms with Gasteiger partial charge >= 0.3 is 0 Å². The van der Waals surface area contributed by atoms with Crippen molar-refractivity contribution in [2.24, 2.45) is 11.8 Å². The van der Waals surface area contributed by atoms with Gasteiger partial charge in [0.05, 0.1) is 17.5 Å².